The molecule has 5 rings (SSSR count). The van der Waals surface area contributed by atoms with E-state index in [1.54, 1.807) is 30.6 Å². The molecule has 0 atom stereocenters. The number of carbonyl (C=O) groups is 1. The summed E-state index contributed by atoms with van der Waals surface area (Å²) in [7, 11) is -3.88. The minimum absolute atomic E-state index is 0.0450. The van der Waals surface area contributed by atoms with Crippen LogP contribution in [0.2, 0.25) is 0 Å². The summed E-state index contributed by atoms with van der Waals surface area (Å²) in [6.07, 6.45) is 2.52. The number of hydrogen-bond acceptors (Lipinski definition) is 6. The average molecular weight is 493 g/mol. The number of sulfonamides is 1. The Morgan fingerprint density at radius 2 is 1.80 bits per heavy atom. The number of benzene rings is 3. The van der Waals surface area contributed by atoms with E-state index in [1.165, 1.54) is 18.2 Å². The van der Waals surface area contributed by atoms with Crippen molar-refractivity contribution in [2.24, 2.45) is 0 Å². The van der Waals surface area contributed by atoms with E-state index in [1.807, 2.05) is 24.3 Å². The lowest BCUT2D eigenvalue weighted by atomic mass is 10.2. The minimum atomic E-state index is -3.88. The molecule has 9 nitrogen and oxygen atoms in total. The van der Waals surface area contributed by atoms with E-state index >= 15 is 0 Å². The summed E-state index contributed by atoms with van der Waals surface area (Å²) in [4.78, 5) is 17.0. The second-order valence-electron chi connectivity index (χ2n) is 8.03. The predicted octanol–water partition coefficient (Wildman–Crippen LogP) is 3.43. The third-order valence-electron chi connectivity index (χ3n) is 5.59. The van der Waals surface area contributed by atoms with Crippen molar-refractivity contribution in [3.8, 4) is 11.5 Å². The fourth-order valence-electron chi connectivity index (χ4n) is 3.87. The standard InChI is InChI=1S/C25H24N4O5S/c30-25(26-11-4-12-29-17-27-21-7-1-2-8-22(21)29)18-5-3-6-19(15-18)28-35(31,32)20-9-10-23-24(16-20)34-14-13-33-23/h1-3,5-10,15-17,28H,4,11-14H2,(H,26,30). The van der Waals surface area contributed by atoms with E-state index in [4.69, 9.17) is 9.47 Å². The Morgan fingerprint density at radius 3 is 2.69 bits per heavy atom. The van der Waals surface area contributed by atoms with Gasteiger partial charge in [0.1, 0.15) is 13.2 Å². The number of aryl methyl sites for hydroxylation is 1. The molecule has 0 fully saturated rings. The summed E-state index contributed by atoms with van der Waals surface area (Å²) in [6, 6.07) is 18.7. The van der Waals surface area contributed by atoms with E-state index in [0.29, 0.717) is 36.8 Å². The number of aromatic nitrogens is 2. The van der Waals surface area contributed by atoms with E-state index < -0.39 is 10.0 Å². The number of carbonyl (C=O) groups excluding carboxylic acids is 1. The number of nitrogens with zero attached hydrogens (tertiary/aromatic N) is 2. The Labute approximate surface area is 202 Å². The summed E-state index contributed by atoms with van der Waals surface area (Å²) in [5.41, 5.74) is 2.64. The first-order valence-electron chi connectivity index (χ1n) is 11.2. The highest BCUT2D eigenvalue weighted by Crippen LogP contribution is 2.32. The summed E-state index contributed by atoms with van der Waals surface area (Å²) < 4.78 is 41.2. The molecule has 0 unspecified atom stereocenters. The fraction of sp³-hybridized carbons (Fsp3) is 0.200. The molecule has 35 heavy (non-hydrogen) atoms. The van der Waals surface area contributed by atoms with E-state index in [-0.39, 0.29) is 16.5 Å². The summed E-state index contributed by atoms with van der Waals surface area (Å²) in [6.45, 7) is 1.97. The second-order valence-corrected chi connectivity index (χ2v) is 9.71. The van der Waals surface area contributed by atoms with Crippen LogP contribution in [0.5, 0.6) is 11.5 Å². The molecule has 180 valence electrons. The molecular formula is C25H24N4O5S. The summed E-state index contributed by atoms with van der Waals surface area (Å²) in [5.74, 6) is 0.618. The SMILES string of the molecule is O=C(NCCCn1cnc2ccccc21)c1cccc(NS(=O)(=O)c2ccc3c(c2)OCCO3)c1. The van der Waals surface area contributed by atoms with Crippen LogP contribution >= 0.6 is 0 Å². The number of para-hydroxylation sites is 2. The van der Waals surface area contributed by atoms with E-state index in [2.05, 4.69) is 19.6 Å². The molecule has 4 aromatic rings. The average Bonchev–Trinajstić information content (AvgIpc) is 3.29. The van der Waals surface area contributed by atoms with Crippen LogP contribution in [0.4, 0.5) is 5.69 Å². The Bertz CT molecular complexity index is 1480. The largest absolute Gasteiger partial charge is 0.486 e. The smallest absolute Gasteiger partial charge is 0.262 e. The maximum Gasteiger partial charge on any atom is 0.262 e. The van der Waals surface area contributed by atoms with Gasteiger partial charge in [-0.25, -0.2) is 13.4 Å². The fourth-order valence-corrected chi connectivity index (χ4v) is 4.94. The van der Waals surface area contributed by atoms with Crippen molar-refractivity contribution >= 4 is 32.7 Å². The van der Waals surface area contributed by atoms with Crippen LogP contribution in [0.15, 0.2) is 78.0 Å². The van der Waals surface area contributed by atoms with Crippen molar-refractivity contribution in [3.05, 3.63) is 78.6 Å². The molecule has 0 bridgehead atoms. The van der Waals surface area contributed by atoms with Crippen LogP contribution in [-0.4, -0.2) is 43.6 Å². The van der Waals surface area contributed by atoms with Gasteiger partial charge in [0.2, 0.25) is 0 Å². The highest BCUT2D eigenvalue weighted by atomic mass is 32.2. The Kier molecular flexibility index (Phi) is 6.28. The molecule has 0 saturated heterocycles. The first-order chi connectivity index (χ1) is 17.0. The molecule has 1 amide bonds. The van der Waals surface area contributed by atoms with Crippen molar-refractivity contribution < 1.29 is 22.7 Å². The normalized spacial score (nSPS) is 12.9. The van der Waals surface area contributed by atoms with Crippen LogP contribution in [0.25, 0.3) is 11.0 Å². The van der Waals surface area contributed by atoms with Gasteiger partial charge in [-0.05, 0) is 48.9 Å². The maximum absolute atomic E-state index is 12.9. The Hall–Kier alpha value is -4.05. The zero-order chi connectivity index (χ0) is 24.3. The van der Waals surface area contributed by atoms with Crippen LogP contribution < -0.4 is 19.5 Å². The first-order valence-corrected chi connectivity index (χ1v) is 12.7. The molecule has 0 spiro atoms. The van der Waals surface area contributed by atoms with Crippen molar-refractivity contribution in [2.45, 2.75) is 17.9 Å². The van der Waals surface area contributed by atoms with Gasteiger partial charge in [0.15, 0.2) is 11.5 Å². The van der Waals surface area contributed by atoms with Gasteiger partial charge in [0, 0.05) is 30.4 Å². The third kappa shape index (κ3) is 5.07. The Morgan fingerprint density at radius 1 is 0.971 bits per heavy atom. The number of amides is 1. The number of nitrogens with one attached hydrogen (secondary N) is 2. The summed E-state index contributed by atoms with van der Waals surface area (Å²) >= 11 is 0. The molecule has 1 aliphatic heterocycles. The molecule has 3 aromatic carbocycles. The van der Waals surface area contributed by atoms with Crippen molar-refractivity contribution in [2.75, 3.05) is 24.5 Å². The lowest BCUT2D eigenvalue weighted by Crippen LogP contribution is -2.25. The van der Waals surface area contributed by atoms with Gasteiger partial charge in [0.25, 0.3) is 15.9 Å². The van der Waals surface area contributed by atoms with E-state index in [0.717, 1.165) is 24.0 Å². The molecule has 10 heteroatoms. The van der Waals surface area contributed by atoms with Gasteiger partial charge in [-0.2, -0.15) is 0 Å². The first kappa shape index (κ1) is 22.7. The van der Waals surface area contributed by atoms with Crippen LogP contribution in [0.1, 0.15) is 16.8 Å². The minimum Gasteiger partial charge on any atom is -0.486 e. The molecule has 0 aliphatic carbocycles. The monoisotopic (exact) mass is 492 g/mol. The molecule has 0 radical (unpaired) electrons. The zero-order valence-corrected chi connectivity index (χ0v) is 19.6. The van der Waals surface area contributed by atoms with Gasteiger partial charge in [-0.3, -0.25) is 9.52 Å². The van der Waals surface area contributed by atoms with Crippen LogP contribution in [0.3, 0.4) is 0 Å². The molecule has 1 aromatic heterocycles. The Balaban J connectivity index is 1.19. The number of imidazole rings is 1. The molecule has 0 saturated carbocycles. The summed E-state index contributed by atoms with van der Waals surface area (Å²) in [5, 5.41) is 2.89. The number of hydrogen-bond donors (Lipinski definition) is 2. The van der Waals surface area contributed by atoms with Gasteiger partial charge in [0.05, 0.1) is 22.3 Å². The van der Waals surface area contributed by atoms with Gasteiger partial charge >= 0.3 is 0 Å². The van der Waals surface area contributed by atoms with Crippen LogP contribution in [0, 0.1) is 0 Å². The molecular weight excluding hydrogens is 468 g/mol. The highest BCUT2D eigenvalue weighted by molar-refractivity contribution is 7.92. The highest BCUT2D eigenvalue weighted by Gasteiger charge is 2.20. The number of rotatable bonds is 8. The number of ether oxygens (including phenoxy) is 2. The number of anilines is 1. The molecule has 2 N–H and O–H groups in total. The number of fused-ring (bicyclic) bond motifs is 2. The quantitative estimate of drug-likeness (QED) is 0.365. The zero-order valence-electron chi connectivity index (χ0n) is 18.8. The van der Waals surface area contributed by atoms with E-state index in [9.17, 15) is 13.2 Å². The maximum atomic E-state index is 12.9. The lowest BCUT2D eigenvalue weighted by molar-refractivity contribution is 0.0953. The van der Waals surface area contributed by atoms with Crippen LogP contribution in [-0.2, 0) is 16.6 Å². The predicted molar refractivity (Wildman–Crippen MR) is 131 cm³/mol. The van der Waals surface area contributed by atoms with Crippen molar-refractivity contribution in [1.82, 2.24) is 14.9 Å². The van der Waals surface area contributed by atoms with Crippen molar-refractivity contribution in [3.63, 3.8) is 0 Å². The molecule has 2 heterocycles. The molecule has 1 aliphatic rings. The second kappa shape index (κ2) is 9.67. The van der Waals surface area contributed by atoms with Gasteiger partial charge < -0.3 is 19.4 Å². The van der Waals surface area contributed by atoms with Gasteiger partial charge in [-0.1, -0.05) is 18.2 Å². The topological polar surface area (TPSA) is 112 Å². The van der Waals surface area contributed by atoms with Crippen molar-refractivity contribution in [1.29, 1.82) is 0 Å². The lowest BCUT2D eigenvalue weighted by Gasteiger charge is -2.19. The third-order valence-corrected chi connectivity index (χ3v) is 6.97. The van der Waals surface area contributed by atoms with Gasteiger partial charge in [-0.15, -0.1) is 0 Å².